The van der Waals surface area contributed by atoms with Gasteiger partial charge in [0.1, 0.15) is 5.82 Å². The van der Waals surface area contributed by atoms with Crippen molar-refractivity contribution in [2.45, 2.75) is 64.2 Å². The fourth-order valence-electron chi connectivity index (χ4n) is 4.95. The van der Waals surface area contributed by atoms with Crippen molar-refractivity contribution in [1.29, 1.82) is 0 Å². The lowest BCUT2D eigenvalue weighted by molar-refractivity contribution is -0.115. The van der Waals surface area contributed by atoms with E-state index in [1.807, 2.05) is 37.3 Å². The first kappa shape index (κ1) is 20.8. The Hall–Kier alpha value is -3.08. The summed E-state index contributed by atoms with van der Waals surface area (Å²) < 4.78 is 13.8. The molecule has 1 N–H and O–H groups in total. The summed E-state index contributed by atoms with van der Waals surface area (Å²) in [5, 5.41) is 3.08. The van der Waals surface area contributed by atoms with Crippen molar-refractivity contribution < 1.29 is 9.18 Å². The first-order chi connectivity index (χ1) is 15.6. The van der Waals surface area contributed by atoms with E-state index in [0.717, 1.165) is 53.0 Å². The highest BCUT2D eigenvalue weighted by atomic mass is 19.1. The van der Waals surface area contributed by atoms with Gasteiger partial charge in [-0.3, -0.25) is 4.79 Å². The number of aromatic nitrogens is 2. The maximum absolute atomic E-state index is 13.8. The van der Waals surface area contributed by atoms with E-state index in [2.05, 4.69) is 5.32 Å². The smallest absolute Gasteiger partial charge is 0.229 e. The summed E-state index contributed by atoms with van der Waals surface area (Å²) in [7, 11) is 0. The Bertz CT molecular complexity index is 1150. The summed E-state index contributed by atoms with van der Waals surface area (Å²) in [6.45, 7) is 2.04. The highest BCUT2D eigenvalue weighted by molar-refractivity contribution is 5.92. The summed E-state index contributed by atoms with van der Waals surface area (Å²) >= 11 is 0. The van der Waals surface area contributed by atoms with Crippen LogP contribution >= 0.6 is 0 Å². The molecule has 1 heterocycles. The second kappa shape index (κ2) is 8.81. The molecule has 0 bridgehead atoms. The topological polar surface area (TPSA) is 54.9 Å². The van der Waals surface area contributed by atoms with Crippen molar-refractivity contribution in [1.82, 2.24) is 9.97 Å². The van der Waals surface area contributed by atoms with E-state index in [0.29, 0.717) is 24.6 Å². The van der Waals surface area contributed by atoms with Crippen LogP contribution in [0.15, 0.2) is 42.5 Å². The van der Waals surface area contributed by atoms with Crippen molar-refractivity contribution in [3.63, 3.8) is 0 Å². The van der Waals surface area contributed by atoms with Gasteiger partial charge in [-0.1, -0.05) is 49.1 Å². The molecule has 1 saturated carbocycles. The SMILES string of the molecule is Cc1ccc(CC(=O)Nc2nc3c(nc2C2CCCCC2)-c2ccc(F)cc2CC3)cc1. The van der Waals surface area contributed by atoms with Gasteiger partial charge in [-0.2, -0.15) is 0 Å². The number of fused-ring (bicyclic) bond motifs is 3. The van der Waals surface area contributed by atoms with Crippen molar-refractivity contribution in [2.24, 2.45) is 0 Å². The van der Waals surface area contributed by atoms with Crippen LogP contribution in [-0.4, -0.2) is 15.9 Å². The zero-order valence-electron chi connectivity index (χ0n) is 18.5. The van der Waals surface area contributed by atoms with Gasteiger partial charge in [0.25, 0.3) is 0 Å². The Kier molecular flexibility index (Phi) is 5.73. The zero-order chi connectivity index (χ0) is 22.1. The molecule has 2 aromatic carbocycles. The molecular weight excluding hydrogens is 401 g/mol. The van der Waals surface area contributed by atoms with Gasteiger partial charge in [0, 0.05) is 11.5 Å². The number of rotatable bonds is 4. The summed E-state index contributed by atoms with van der Waals surface area (Å²) in [6.07, 6.45) is 7.44. The van der Waals surface area contributed by atoms with Crippen LogP contribution in [0.5, 0.6) is 0 Å². The van der Waals surface area contributed by atoms with Gasteiger partial charge in [-0.05, 0) is 61.9 Å². The molecule has 1 fully saturated rings. The summed E-state index contributed by atoms with van der Waals surface area (Å²) in [5.41, 5.74) is 6.73. The van der Waals surface area contributed by atoms with E-state index >= 15 is 0 Å². The van der Waals surface area contributed by atoms with E-state index < -0.39 is 0 Å². The minimum absolute atomic E-state index is 0.0709. The highest BCUT2D eigenvalue weighted by Gasteiger charge is 2.27. The number of nitrogens with one attached hydrogen (secondary N) is 1. The molecule has 4 nitrogen and oxygen atoms in total. The Morgan fingerprint density at radius 1 is 1.03 bits per heavy atom. The molecule has 32 heavy (non-hydrogen) atoms. The van der Waals surface area contributed by atoms with Crippen molar-refractivity contribution in [2.75, 3.05) is 5.32 Å². The second-order valence-corrected chi connectivity index (χ2v) is 9.10. The summed E-state index contributed by atoms with van der Waals surface area (Å²) in [4.78, 5) is 22.9. The molecule has 0 saturated heterocycles. The average molecular weight is 430 g/mol. The normalized spacial score (nSPS) is 15.7. The van der Waals surface area contributed by atoms with Crippen LogP contribution in [0.4, 0.5) is 10.2 Å². The molecule has 3 aromatic rings. The summed E-state index contributed by atoms with van der Waals surface area (Å²) in [6, 6.07) is 12.9. The number of nitrogens with zero attached hydrogens (tertiary/aromatic N) is 2. The highest BCUT2D eigenvalue weighted by Crippen LogP contribution is 2.39. The summed E-state index contributed by atoms with van der Waals surface area (Å²) in [5.74, 6) is 0.617. The number of carbonyl (C=O) groups is 1. The van der Waals surface area contributed by atoms with E-state index in [4.69, 9.17) is 9.97 Å². The molecule has 0 radical (unpaired) electrons. The maximum Gasteiger partial charge on any atom is 0.229 e. The second-order valence-electron chi connectivity index (χ2n) is 9.10. The van der Waals surface area contributed by atoms with Gasteiger partial charge in [-0.15, -0.1) is 0 Å². The lowest BCUT2D eigenvalue weighted by atomic mass is 9.85. The Morgan fingerprint density at radius 3 is 2.59 bits per heavy atom. The molecule has 164 valence electrons. The third-order valence-corrected chi connectivity index (χ3v) is 6.68. The molecule has 0 unspecified atom stereocenters. The first-order valence-corrected chi connectivity index (χ1v) is 11.6. The lowest BCUT2D eigenvalue weighted by Gasteiger charge is -2.26. The Morgan fingerprint density at radius 2 is 1.81 bits per heavy atom. The average Bonchev–Trinajstić information content (AvgIpc) is 2.80. The van der Waals surface area contributed by atoms with E-state index in [1.54, 1.807) is 6.07 Å². The van der Waals surface area contributed by atoms with Crippen LogP contribution in [0.2, 0.25) is 0 Å². The van der Waals surface area contributed by atoms with Crippen LogP contribution in [0.1, 0.15) is 66.1 Å². The van der Waals surface area contributed by atoms with Crippen LogP contribution in [-0.2, 0) is 24.1 Å². The van der Waals surface area contributed by atoms with Gasteiger partial charge >= 0.3 is 0 Å². The minimum atomic E-state index is -0.215. The minimum Gasteiger partial charge on any atom is -0.309 e. The van der Waals surface area contributed by atoms with Crippen LogP contribution < -0.4 is 5.32 Å². The monoisotopic (exact) mass is 429 g/mol. The molecule has 2 aliphatic carbocycles. The van der Waals surface area contributed by atoms with Crippen LogP contribution in [0.3, 0.4) is 0 Å². The van der Waals surface area contributed by atoms with E-state index in [9.17, 15) is 9.18 Å². The lowest BCUT2D eigenvalue weighted by Crippen LogP contribution is -2.21. The number of aryl methyl sites for hydroxylation is 3. The van der Waals surface area contributed by atoms with Gasteiger partial charge in [0.2, 0.25) is 5.91 Å². The van der Waals surface area contributed by atoms with E-state index in [1.165, 1.54) is 30.9 Å². The largest absolute Gasteiger partial charge is 0.309 e. The first-order valence-electron chi connectivity index (χ1n) is 11.6. The Labute approximate surface area is 188 Å². The van der Waals surface area contributed by atoms with Crippen LogP contribution in [0.25, 0.3) is 11.3 Å². The zero-order valence-corrected chi connectivity index (χ0v) is 18.5. The number of carbonyl (C=O) groups excluding carboxylic acids is 1. The van der Waals surface area contributed by atoms with Gasteiger partial charge in [-0.25, -0.2) is 14.4 Å². The van der Waals surface area contributed by atoms with E-state index in [-0.39, 0.29) is 11.7 Å². The molecule has 5 heteroatoms. The number of benzene rings is 2. The predicted octanol–water partition coefficient (Wildman–Crippen LogP) is 5.92. The molecule has 2 aliphatic rings. The number of hydrogen-bond acceptors (Lipinski definition) is 3. The third-order valence-electron chi connectivity index (χ3n) is 6.68. The number of hydrogen-bond donors (Lipinski definition) is 1. The van der Waals surface area contributed by atoms with Gasteiger partial charge in [0.15, 0.2) is 5.82 Å². The van der Waals surface area contributed by atoms with Crippen molar-refractivity contribution >= 4 is 11.7 Å². The van der Waals surface area contributed by atoms with Crippen LogP contribution in [0, 0.1) is 12.7 Å². The quantitative estimate of drug-likeness (QED) is 0.560. The van der Waals surface area contributed by atoms with Gasteiger partial charge < -0.3 is 5.32 Å². The molecule has 1 aromatic heterocycles. The fraction of sp³-hybridized carbons (Fsp3) is 0.370. The molecular formula is C27H28FN3O. The molecule has 5 rings (SSSR count). The predicted molar refractivity (Wildman–Crippen MR) is 124 cm³/mol. The fourth-order valence-corrected chi connectivity index (χ4v) is 4.95. The number of anilines is 1. The number of halogens is 1. The van der Waals surface area contributed by atoms with Crippen molar-refractivity contribution in [3.05, 3.63) is 76.4 Å². The van der Waals surface area contributed by atoms with Crippen molar-refractivity contribution in [3.8, 4) is 11.3 Å². The number of amides is 1. The molecule has 1 amide bonds. The molecule has 0 atom stereocenters. The standard InChI is InChI=1S/C27H28FN3O/c1-17-7-9-18(10-8-17)15-24(32)30-27-25(19-5-3-2-4-6-19)31-26-22-13-12-21(28)16-20(22)11-14-23(26)29-27/h7-10,12-13,16,19H,2-6,11,14-15H2,1H3,(H,29,30,32). The molecule has 0 spiro atoms. The maximum atomic E-state index is 13.8. The Balaban J connectivity index is 1.49. The third kappa shape index (κ3) is 4.29. The van der Waals surface area contributed by atoms with Gasteiger partial charge in [0.05, 0.1) is 23.5 Å². The molecule has 0 aliphatic heterocycles.